The van der Waals surface area contributed by atoms with E-state index in [-0.39, 0.29) is 37.2 Å². The Labute approximate surface area is 259 Å². The molecule has 0 radical (unpaired) electrons. The molecule has 2 saturated heterocycles. The molecule has 45 heavy (non-hydrogen) atoms. The van der Waals surface area contributed by atoms with Crippen LogP contribution in [0.4, 0.5) is 0 Å². The molecule has 5 atom stereocenters. The summed E-state index contributed by atoms with van der Waals surface area (Å²) in [5.74, 6) is -2.48. The van der Waals surface area contributed by atoms with Gasteiger partial charge in [0.25, 0.3) is 5.91 Å². The molecule has 0 saturated carbocycles. The molecule has 13 heteroatoms. The maximum Gasteiger partial charge on any atom is 0.310 e. The number of aliphatic hydroxyl groups is 1. The maximum absolute atomic E-state index is 14.2. The van der Waals surface area contributed by atoms with E-state index < -0.39 is 64.2 Å². The minimum absolute atomic E-state index is 0.0380. The summed E-state index contributed by atoms with van der Waals surface area (Å²) >= 11 is 0. The van der Waals surface area contributed by atoms with Gasteiger partial charge in [-0.25, -0.2) is 8.42 Å². The van der Waals surface area contributed by atoms with E-state index in [0.717, 1.165) is 10.8 Å². The summed E-state index contributed by atoms with van der Waals surface area (Å²) in [6, 6.07) is 16.4. The van der Waals surface area contributed by atoms with E-state index in [2.05, 4.69) is 10.6 Å². The summed E-state index contributed by atoms with van der Waals surface area (Å²) in [7, 11) is -4.06. The molecule has 0 spiro atoms. The number of piperazine rings is 1. The maximum atomic E-state index is 14.2. The number of esters is 1. The zero-order valence-electron chi connectivity index (χ0n) is 24.1. The predicted molar refractivity (Wildman–Crippen MR) is 162 cm³/mol. The molecule has 3 aliphatic heterocycles. The van der Waals surface area contributed by atoms with Crippen molar-refractivity contribution in [1.29, 1.82) is 0 Å². The summed E-state index contributed by atoms with van der Waals surface area (Å²) in [4.78, 5) is 54.5. The van der Waals surface area contributed by atoms with Gasteiger partial charge in [-0.15, -0.1) is 0 Å². The van der Waals surface area contributed by atoms with E-state index in [0.29, 0.717) is 5.56 Å². The SMILES string of the molecule is O=C1CC(NC(=O)[C@@H]2CN(S(=O)(=O)c3ccccc3)C[C@@H]3CC=CC[C@H](NC(=O)c4ccc5ccccc5c4)C(=O)N32)C(O)O1. The van der Waals surface area contributed by atoms with E-state index in [4.69, 9.17) is 4.74 Å². The second-order valence-corrected chi connectivity index (χ2v) is 13.2. The third kappa shape index (κ3) is 6.19. The van der Waals surface area contributed by atoms with Gasteiger partial charge in [-0.1, -0.05) is 60.7 Å². The average Bonchev–Trinajstić information content (AvgIpc) is 3.36. The molecule has 3 N–H and O–H groups in total. The lowest BCUT2D eigenvalue weighted by Crippen LogP contribution is -2.68. The number of benzene rings is 3. The number of rotatable bonds is 6. The number of carbonyl (C=O) groups excluding carboxylic acids is 4. The molecule has 234 valence electrons. The van der Waals surface area contributed by atoms with Crippen molar-refractivity contribution < 1.29 is 37.4 Å². The van der Waals surface area contributed by atoms with Crippen LogP contribution in [0.15, 0.2) is 89.8 Å². The van der Waals surface area contributed by atoms with Gasteiger partial charge >= 0.3 is 5.97 Å². The Kier molecular flexibility index (Phi) is 8.40. The van der Waals surface area contributed by atoms with Gasteiger partial charge in [-0.05, 0) is 47.9 Å². The highest BCUT2D eigenvalue weighted by Gasteiger charge is 2.47. The standard InChI is InChI=1S/C32H32N4O8S/c37-28-17-26(32(41)44-28)34-30(39)27-19-35(45(42,43)24-11-2-1-3-12-24)18-23-10-6-7-13-25(31(40)36(23)27)33-29(38)22-15-14-20-8-4-5-9-21(20)16-22/h1-9,11-12,14-16,23,25-27,32,41H,10,13,17-19H2,(H,33,38)(H,34,39)/t23-,25-,26?,27-,32?/m0/s1. The second-order valence-electron chi connectivity index (χ2n) is 11.3. The van der Waals surface area contributed by atoms with Gasteiger partial charge in [-0.3, -0.25) is 19.2 Å². The first kappa shape index (κ1) is 30.4. The quantitative estimate of drug-likeness (QED) is 0.271. The Morgan fingerprint density at radius 2 is 1.58 bits per heavy atom. The third-order valence-corrected chi connectivity index (χ3v) is 10.2. The van der Waals surface area contributed by atoms with Gasteiger partial charge < -0.3 is 25.4 Å². The summed E-state index contributed by atoms with van der Waals surface area (Å²) in [6.45, 7) is -0.464. The second kappa shape index (κ2) is 12.4. The van der Waals surface area contributed by atoms with Crippen molar-refractivity contribution in [2.24, 2.45) is 0 Å². The number of sulfonamides is 1. The zero-order valence-corrected chi connectivity index (χ0v) is 24.9. The molecular formula is C32H32N4O8S. The van der Waals surface area contributed by atoms with Crippen molar-refractivity contribution in [1.82, 2.24) is 19.8 Å². The number of fused-ring (bicyclic) bond motifs is 2. The Morgan fingerprint density at radius 1 is 0.867 bits per heavy atom. The molecule has 2 unspecified atom stereocenters. The van der Waals surface area contributed by atoms with E-state index in [9.17, 15) is 32.7 Å². The monoisotopic (exact) mass is 632 g/mol. The minimum Gasteiger partial charge on any atom is -0.434 e. The van der Waals surface area contributed by atoms with Crippen LogP contribution in [0, 0.1) is 0 Å². The van der Waals surface area contributed by atoms with Gasteiger partial charge in [-0.2, -0.15) is 4.31 Å². The van der Waals surface area contributed by atoms with Gasteiger partial charge in [0.05, 0.1) is 11.3 Å². The van der Waals surface area contributed by atoms with Crippen molar-refractivity contribution in [3.8, 4) is 0 Å². The summed E-state index contributed by atoms with van der Waals surface area (Å²) < 4.78 is 33.3. The minimum atomic E-state index is -4.06. The number of hydrogen-bond donors (Lipinski definition) is 3. The first-order valence-corrected chi connectivity index (χ1v) is 16.1. The molecule has 3 aromatic rings. The Hall–Kier alpha value is -4.59. The fourth-order valence-electron chi connectivity index (χ4n) is 6.01. The molecular weight excluding hydrogens is 600 g/mol. The van der Waals surface area contributed by atoms with Crippen LogP contribution in [0.2, 0.25) is 0 Å². The Balaban J connectivity index is 1.30. The lowest BCUT2D eigenvalue weighted by Gasteiger charge is -2.47. The summed E-state index contributed by atoms with van der Waals surface area (Å²) in [5.41, 5.74) is 0.358. The van der Waals surface area contributed by atoms with E-state index in [1.807, 2.05) is 30.3 Å². The first-order chi connectivity index (χ1) is 21.6. The van der Waals surface area contributed by atoms with Crippen molar-refractivity contribution >= 4 is 44.5 Å². The third-order valence-electron chi connectivity index (χ3n) is 8.33. The largest absolute Gasteiger partial charge is 0.434 e. The molecule has 12 nitrogen and oxygen atoms in total. The summed E-state index contributed by atoms with van der Waals surface area (Å²) in [6.07, 6.45) is 2.12. The van der Waals surface area contributed by atoms with Crippen molar-refractivity contribution in [2.45, 2.75) is 54.6 Å². The highest BCUT2D eigenvalue weighted by Crippen LogP contribution is 2.28. The van der Waals surface area contributed by atoms with Gasteiger partial charge in [0, 0.05) is 24.7 Å². The molecule has 3 amide bonds. The van der Waals surface area contributed by atoms with Gasteiger partial charge in [0.15, 0.2) is 0 Å². The number of amides is 3. The lowest BCUT2D eigenvalue weighted by molar-refractivity contribution is -0.156. The number of nitrogens with zero attached hydrogens (tertiary/aromatic N) is 2. The van der Waals surface area contributed by atoms with Gasteiger partial charge in [0.1, 0.15) is 18.1 Å². The smallest absolute Gasteiger partial charge is 0.310 e. The number of carbonyl (C=O) groups is 4. The van der Waals surface area contributed by atoms with Crippen LogP contribution in [0.5, 0.6) is 0 Å². The van der Waals surface area contributed by atoms with Crippen LogP contribution >= 0.6 is 0 Å². The van der Waals surface area contributed by atoms with Crippen LogP contribution in [-0.4, -0.2) is 90.0 Å². The fraction of sp³-hybridized carbons (Fsp3) is 0.312. The van der Waals surface area contributed by atoms with Crippen molar-refractivity contribution in [3.63, 3.8) is 0 Å². The van der Waals surface area contributed by atoms with Crippen LogP contribution in [0.25, 0.3) is 10.8 Å². The summed E-state index contributed by atoms with van der Waals surface area (Å²) in [5, 5.41) is 17.3. The molecule has 0 aliphatic carbocycles. The Bertz CT molecular complexity index is 1780. The fourth-order valence-corrected chi connectivity index (χ4v) is 7.51. The molecule has 6 rings (SSSR count). The van der Waals surface area contributed by atoms with E-state index in [1.54, 1.807) is 42.5 Å². The van der Waals surface area contributed by atoms with Crippen LogP contribution < -0.4 is 10.6 Å². The molecule has 3 heterocycles. The van der Waals surface area contributed by atoms with Gasteiger partial charge in [0.2, 0.25) is 28.1 Å². The molecule has 0 bridgehead atoms. The van der Waals surface area contributed by atoms with Crippen molar-refractivity contribution in [3.05, 3.63) is 90.5 Å². The molecule has 0 aromatic heterocycles. The average molecular weight is 633 g/mol. The molecule has 3 aromatic carbocycles. The van der Waals surface area contributed by atoms with Crippen LogP contribution in [-0.2, 0) is 29.1 Å². The molecule has 2 fully saturated rings. The van der Waals surface area contributed by atoms with Crippen molar-refractivity contribution in [2.75, 3.05) is 13.1 Å². The van der Waals surface area contributed by atoms with E-state index in [1.165, 1.54) is 21.3 Å². The number of hydrogen-bond acceptors (Lipinski definition) is 8. The normalized spacial score (nSPS) is 25.6. The highest BCUT2D eigenvalue weighted by molar-refractivity contribution is 7.89. The zero-order chi connectivity index (χ0) is 31.7. The number of nitrogens with one attached hydrogen (secondary N) is 2. The van der Waals surface area contributed by atoms with Crippen LogP contribution in [0.3, 0.4) is 0 Å². The number of cyclic esters (lactones) is 1. The topological polar surface area (TPSA) is 162 Å². The van der Waals surface area contributed by atoms with Crippen LogP contribution in [0.1, 0.15) is 29.6 Å². The number of ether oxygens (including phenoxy) is 1. The highest BCUT2D eigenvalue weighted by atomic mass is 32.2. The van der Waals surface area contributed by atoms with E-state index >= 15 is 0 Å². The Morgan fingerprint density at radius 3 is 2.31 bits per heavy atom. The first-order valence-electron chi connectivity index (χ1n) is 14.6. The number of aliphatic hydroxyl groups excluding tert-OH is 1. The lowest BCUT2D eigenvalue weighted by atomic mass is 9.97. The molecule has 3 aliphatic rings. The predicted octanol–water partition coefficient (Wildman–Crippen LogP) is 1.31.